The Bertz CT molecular complexity index is 1790. The molecule has 0 unspecified atom stereocenters. The summed E-state index contributed by atoms with van der Waals surface area (Å²) in [6.07, 6.45) is -1.38. The van der Waals surface area contributed by atoms with Gasteiger partial charge in [-0.15, -0.1) is 0 Å². The van der Waals surface area contributed by atoms with Crippen LogP contribution >= 0.6 is 11.6 Å². The van der Waals surface area contributed by atoms with Gasteiger partial charge in [0.15, 0.2) is 11.6 Å². The molecule has 6 heterocycles. The highest BCUT2D eigenvalue weighted by Gasteiger charge is 2.47. The van der Waals surface area contributed by atoms with Crippen molar-refractivity contribution < 1.29 is 27.0 Å². The molecule has 14 heteroatoms. The van der Waals surface area contributed by atoms with Gasteiger partial charge in [0.05, 0.1) is 38.8 Å². The standard InChI is InChI=1S/C33H38ClF4N7O2/c1-6-19-20-14-46-29-23-28(26(35)22(25(29)34)27-24(33(36,37)38)17(3)10-21(39)40-27)41-31(42-30(23)45(20)13-18(4)43(19)5)47-15-32-8-7-9-44(32)12-16(2)11-32/h10,18-20H,2,6-9,11-15H2,1,3-5H3,(H2,39,40)/t18-,19+,20-,32+/m1/s1. The molecule has 4 aliphatic heterocycles. The van der Waals surface area contributed by atoms with E-state index < -0.39 is 28.8 Å². The third-order valence-electron chi connectivity index (χ3n) is 10.5. The maximum atomic E-state index is 17.0. The van der Waals surface area contributed by atoms with E-state index in [1.165, 1.54) is 6.92 Å². The van der Waals surface area contributed by atoms with E-state index in [2.05, 4.69) is 52.1 Å². The molecule has 47 heavy (non-hydrogen) atoms. The number of nitrogens with zero attached hydrogens (tertiary/aromatic N) is 6. The van der Waals surface area contributed by atoms with Crippen LogP contribution < -0.4 is 20.1 Å². The molecule has 4 aliphatic rings. The van der Waals surface area contributed by atoms with Crippen molar-refractivity contribution in [1.29, 1.82) is 0 Å². The second-order valence-corrected chi connectivity index (χ2v) is 13.8. The molecule has 0 amide bonds. The Morgan fingerprint density at radius 2 is 2.02 bits per heavy atom. The van der Waals surface area contributed by atoms with Crippen LogP contribution in [0, 0.1) is 12.7 Å². The first-order valence-electron chi connectivity index (χ1n) is 16.0. The quantitative estimate of drug-likeness (QED) is 0.249. The molecule has 0 saturated carbocycles. The van der Waals surface area contributed by atoms with E-state index in [0.717, 1.165) is 50.4 Å². The molecule has 4 atom stereocenters. The Labute approximate surface area is 275 Å². The third kappa shape index (κ3) is 5.07. The number of aromatic nitrogens is 3. The molecule has 0 aliphatic carbocycles. The van der Waals surface area contributed by atoms with Crippen molar-refractivity contribution >= 4 is 34.1 Å². The summed E-state index contributed by atoms with van der Waals surface area (Å²) < 4.78 is 73.1. The predicted octanol–water partition coefficient (Wildman–Crippen LogP) is 6.25. The van der Waals surface area contributed by atoms with Gasteiger partial charge in [-0.25, -0.2) is 9.37 Å². The molecule has 7 rings (SSSR count). The number of piperazine rings is 1. The summed E-state index contributed by atoms with van der Waals surface area (Å²) in [7, 11) is 2.05. The van der Waals surface area contributed by atoms with Crippen molar-refractivity contribution in [3.63, 3.8) is 0 Å². The van der Waals surface area contributed by atoms with Crippen molar-refractivity contribution in [2.75, 3.05) is 50.5 Å². The summed E-state index contributed by atoms with van der Waals surface area (Å²) >= 11 is 6.88. The highest BCUT2D eigenvalue weighted by molar-refractivity contribution is 6.36. The van der Waals surface area contributed by atoms with E-state index in [0.29, 0.717) is 12.4 Å². The Kier molecular flexibility index (Phi) is 7.75. The minimum Gasteiger partial charge on any atom is -0.489 e. The van der Waals surface area contributed by atoms with Crippen LogP contribution in [0.1, 0.15) is 50.7 Å². The van der Waals surface area contributed by atoms with E-state index in [4.69, 9.17) is 31.8 Å². The van der Waals surface area contributed by atoms with Gasteiger partial charge >= 0.3 is 12.2 Å². The van der Waals surface area contributed by atoms with E-state index >= 15 is 4.39 Å². The van der Waals surface area contributed by atoms with Crippen LogP contribution in [0.3, 0.4) is 0 Å². The second kappa shape index (κ2) is 11.3. The largest absolute Gasteiger partial charge is 0.489 e. The number of alkyl halides is 3. The van der Waals surface area contributed by atoms with Crippen molar-refractivity contribution in [3.8, 4) is 23.0 Å². The highest BCUT2D eigenvalue weighted by atomic mass is 35.5. The molecule has 1 aromatic carbocycles. The SMILES string of the molecule is C=C1CN2CCC[C@@]2(COc2nc3c4c(c(Cl)c(-c5nc(N)cc(C)c5C(F)(F)F)c(F)c4n2)OC[C@@H]2[C@H](CC)N(C)[C@H](C)CN32)C1. The summed E-state index contributed by atoms with van der Waals surface area (Å²) in [6.45, 7) is 12.3. The zero-order valence-corrected chi connectivity index (χ0v) is 27.6. The molecule has 2 N–H and O–H groups in total. The average molecular weight is 676 g/mol. The number of nitrogen functional groups attached to an aromatic ring is 1. The first kappa shape index (κ1) is 32.1. The number of fused-ring (bicyclic) bond motifs is 3. The number of hydrogen-bond acceptors (Lipinski definition) is 9. The van der Waals surface area contributed by atoms with Crippen LogP contribution in [0.15, 0.2) is 18.2 Å². The molecular weight excluding hydrogens is 638 g/mol. The molecular formula is C33H38ClF4N7O2. The number of hydrogen-bond donors (Lipinski definition) is 1. The molecule has 0 radical (unpaired) electrons. The van der Waals surface area contributed by atoms with Gasteiger partial charge in [-0.3, -0.25) is 9.80 Å². The topological polar surface area (TPSA) is 92.9 Å². The predicted molar refractivity (Wildman–Crippen MR) is 173 cm³/mol. The average Bonchev–Trinajstić information content (AvgIpc) is 3.46. The lowest BCUT2D eigenvalue weighted by Gasteiger charge is -2.49. The molecule has 252 valence electrons. The fraction of sp³-hybridized carbons (Fsp3) is 0.545. The summed E-state index contributed by atoms with van der Waals surface area (Å²) in [5.41, 5.74) is 3.86. The number of likely N-dealkylation sites (N-methyl/N-ethyl adjacent to an activating group) is 1. The summed E-state index contributed by atoms with van der Waals surface area (Å²) in [4.78, 5) is 20.1. The lowest BCUT2D eigenvalue weighted by Crippen LogP contribution is -2.63. The minimum absolute atomic E-state index is 0.00170. The summed E-state index contributed by atoms with van der Waals surface area (Å²) in [6, 6.07) is 0.952. The number of halogens is 5. The zero-order valence-electron chi connectivity index (χ0n) is 26.8. The molecule has 0 spiro atoms. The van der Waals surface area contributed by atoms with E-state index in [-0.39, 0.29) is 75.9 Å². The van der Waals surface area contributed by atoms with Crippen molar-refractivity contribution in [2.45, 2.75) is 76.3 Å². The number of nitrogens with two attached hydrogens (primary N) is 1. The normalized spacial score (nSPS) is 26.4. The first-order valence-corrected chi connectivity index (χ1v) is 16.3. The van der Waals surface area contributed by atoms with Gasteiger partial charge in [0.25, 0.3) is 0 Å². The van der Waals surface area contributed by atoms with E-state index in [1.807, 2.05) is 0 Å². The molecule has 3 fully saturated rings. The van der Waals surface area contributed by atoms with E-state index in [9.17, 15) is 13.2 Å². The van der Waals surface area contributed by atoms with Gasteiger partial charge in [-0.05, 0) is 64.8 Å². The Balaban J connectivity index is 1.46. The van der Waals surface area contributed by atoms with Crippen LogP contribution in [0.5, 0.6) is 11.8 Å². The first-order chi connectivity index (χ1) is 22.2. The molecule has 0 bridgehead atoms. The zero-order chi connectivity index (χ0) is 33.6. The van der Waals surface area contributed by atoms with Crippen LogP contribution in [-0.2, 0) is 6.18 Å². The number of benzene rings is 1. The number of rotatable bonds is 5. The Hall–Kier alpha value is -3.42. The van der Waals surface area contributed by atoms with Gasteiger partial charge in [-0.2, -0.15) is 23.1 Å². The van der Waals surface area contributed by atoms with Gasteiger partial charge in [-0.1, -0.05) is 30.7 Å². The Morgan fingerprint density at radius 3 is 2.74 bits per heavy atom. The lowest BCUT2D eigenvalue weighted by molar-refractivity contribution is -0.137. The van der Waals surface area contributed by atoms with Crippen LogP contribution in [0.4, 0.5) is 29.2 Å². The summed E-state index contributed by atoms with van der Waals surface area (Å²) in [5, 5.41) is -0.169. The fourth-order valence-corrected chi connectivity index (χ4v) is 8.58. The smallest absolute Gasteiger partial charge is 0.418 e. The molecule has 2 aromatic heterocycles. The van der Waals surface area contributed by atoms with Gasteiger partial charge < -0.3 is 20.1 Å². The molecule has 3 saturated heterocycles. The van der Waals surface area contributed by atoms with Crippen LogP contribution in [0.2, 0.25) is 5.02 Å². The minimum atomic E-state index is -4.88. The van der Waals surface area contributed by atoms with Crippen LogP contribution in [-0.4, -0.2) is 88.3 Å². The van der Waals surface area contributed by atoms with Gasteiger partial charge in [0.1, 0.15) is 30.4 Å². The number of ether oxygens (including phenoxy) is 2. The fourth-order valence-electron chi connectivity index (χ4n) is 8.26. The molecule has 3 aromatic rings. The molecule has 9 nitrogen and oxygen atoms in total. The highest BCUT2D eigenvalue weighted by Crippen LogP contribution is 2.51. The number of anilines is 2. The van der Waals surface area contributed by atoms with E-state index in [1.54, 1.807) is 0 Å². The Morgan fingerprint density at radius 1 is 1.26 bits per heavy atom. The van der Waals surface area contributed by atoms with Gasteiger partial charge in [0.2, 0.25) is 0 Å². The van der Waals surface area contributed by atoms with Gasteiger partial charge in [0, 0.05) is 25.2 Å². The maximum Gasteiger partial charge on any atom is 0.418 e. The van der Waals surface area contributed by atoms with Crippen molar-refractivity contribution in [2.24, 2.45) is 0 Å². The summed E-state index contributed by atoms with van der Waals surface area (Å²) in [5.74, 6) is -0.922. The maximum absolute atomic E-state index is 17.0. The monoisotopic (exact) mass is 675 g/mol. The van der Waals surface area contributed by atoms with Crippen LogP contribution in [0.25, 0.3) is 22.2 Å². The number of aryl methyl sites for hydroxylation is 1. The lowest BCUT2D eigenvalue weighted by atomic mass is 9.94. The van der Waals surface area contributed by atoms with Crippen molar-refractivity contribution in [1.82, 2.24) is 24.8 Å². The second-order valence-electron chi connectivity index (χ2n) is 13.5. The van der Waals surface area contributed by atoms with Crippen molar-refractivity contribution in [3.05, 3.63) is 40.2 Å². The number of pyridine rings is 1. The third-order valence-corrected chi connectivity index (χ3v) is 10.9.